The molecular formula is C11H17NS. The van der Waals surface area contributed by atoms with E-state index in [1.54, 1.807) is 0 Å². The molecule has 2 heteroatoms. The van der Waals surface area contributed by atoms with Crippen LogP contribution in [-0.2, 0) is 11.8 Å². The maximum Gasteiger partial charge on any atom is 0.0797 e. The highest BCUT2D eigenvalue weighted by molar-refractivity contribution is 7.09. The summed E-state index contributed by atoms with van der Waals surface area (Å²) in [6, 6.07) is 0. The second-order valence-electron chi connectivity index (χ2n) is 5.03. The summed E-state index contributed by atoms with van der Waals surface area (Å²) in [6.45, 7) is 6.82. The number of nitrogens with zero attached hydrogens (tertiary/aromatic N) is 1. The number of thiazole rings is 1. The maximum absolute atomic E-state index is 4.48. The molecule has 1 aromatic heterocycles. The zero-order valence-corrected chi connectivity index (χ0v) is 9.45. The van der Waals surface area contributed by atoms with E-state index in [1.165, 1.54) is 29.8 Å². The van der Waals surface area contributed by atoms with Gasteiger partial charge in [0, 0.05) is 4.88 Å². The van der Waals surface area contributed by atoms with Crippen molar-refractivity contribution in [3.63, 3.8) is 0 Å². The molecule has 0 aliphatic heterocycles. The summed E-state index contributed by atoms with van der Waals surface area (Å²) in [5.74, 6) is 0.947. The molecular weight excluding hydrogens is 178 g/mol. The largest absolute Gasteiger partial charge is 0.249 e. The third-order valence-corrected chi connectivity index (χ3v) is 3.80. The molecule has 0 N–H and O–H groups in total. The lowest BCUT2D eigenvalue weighted by molar-refractivity contribution is 0.590. The van der Waals surface area contributed by atoms with Crippen molar-refractivity contribution >= 4 is 11.3 Å². The first-order chi connectivity index (χ1) is 6.07. The van der Waals surface area contributed by atoms with Gasteiger partial charge in [-0.15, -0.1) is 11.3 Å². The van der Waals surface area contributed by atoms with Crippen molar-refractivity contribution in [2.24, 2.45) is 5.92 Å². The summed E-state index contributed by atoms with van der Waals surface area (Å²) in [6.07, 6.45) is 4.05. The molecule has 0 atom stereocenters. The first-order valence-electron chi connectivity index (χ1n) is 5.00. The average Bonchev–Trinajstić information content (AvgIpc) is 2.63. The van der Waals surface area contributed by atoms with Crippen LogP contribution in [0.5, 0.6) is 0 Å². The Morgan fingerprint density at radius 1 is 1.46 bits per heavy atom. The van der Waals surface area contributed by atoms with Gasteiger partial charge < -0.3 is 0 Å². The Kier molecular flexibility index (Phi) is 2.18. The van der Waals surface area contributed by atoms with E-state index in [4.69, 9.17) is 0 Å². The second kappa shape index (κ2) is 3.09. The summed E-state index contributed by atoms with van der Waals surface area (Å²) >= 11 is 1.82. The number of hydrogen-bond donors (Lipinski definition) is 0. The van der Waals surface area contributed by atoms with E-state index in [-0.39, 0.29) is 5.41 Å². The molecule has 1 fully saturated rings. The fraction of sp³-hybridized carbons (Fsp3) is 0.727. The molecule has 0 saturated heterocycles. The van der Waals surface area contributed by atoms with E-state index in [0.717, 1.165) is 5.92 Å². The number of hydrogen-bond acceptors (Lipinski definition) is 2. The summed E-state index contributed by atoms with van der Waals surface area (Å²) in [5.41, 5.74) is 3.64. The van der Waals surface area contributed by atoms with E-state index in [9.17, 15) is 0 Å². The van der Waals surface area contributed by atoms with Crippen LogP contribution in [-0.4, -0.2) is 4.98 Å². The van der Waals surface area contributed by atoms with Gasteiger partial charge in [0.1, 0.15) is 0 Å². The van der Waals surface area contributed by atoms with Gasteiger partial charge in [0.15, 0.2) is 0 Å². The highest BCUT2D eigenvalue weighted by Gasteiger charge is 2.27. The standard InChI is InChI=1S/C11H17NS/c1-11(2,3)10-9(12-7-13-10)6-8-4-5-8/h7-8H,4-6H2,1-3H3. The Bertz CT molecular complexity index is 291. The van der Waals surface area contributed by atoms with Crippen LogP contribution in [0.15, 0.2) is 5.51 Å². The number of rotatable bonds is 2. The van der Waals surface area contributed by atoms with Crippen molar-refractivity contribution < 1.29 is 0 Å². The van der Waals surface area contributed by atoms with Gasteiger partial charge in [0.05, 0.1) is 11.2 Å². The average molecular weight is 195 g/mol. The first kappa shape index (κ1) is 9.20. The van der Waals surface area contributed by atoms with E-state index in [2.05, 4.69) is 25.8 Å². The Labute approximate surface area is 84.2 Å². The molecule has 1 aromatic rings. The van der Waals surface area contributed by atoms with Crippen LogP contribution in [0.25, 0.3) is 0 Å². The Hall–Kier alpha value is -0.370. The van der Waals surface area contributed by atoms with Crippen molar-refractivity contribution in [1.82, 2.24) is 4.98 Å². The monoisotopic (exact) mass is 195 g/mol. The Morgan fingerprint density at radius 2 is 2.15 bits per heavy atom. The highest BCUT2D eigenvalue weighted by atomic mass is 32.1. The van der Waals surface area contributed by atoms with Crippen LogP contribution in [0.1, 0.15) is 44.2 Å². The summed E-state index contributed by atoms with van der Waals surface area (Å²) < 4.78 is 0. The van der Waals surface area contributed by atoms with Gasteiger partial charge >= 0.3 is 0 Å². The molecule has 1 nitrogen and oxygen atoms in total. The summed E-state index contributed by atoms with van der Waals surface area (Å²) in [7, 11) is 0. The molecule has 0 unspecified atom stereocenters. The predicted molar refractivity (Wildman–Crippen MR) is 57.2 cm³/mol. The van der Waals surface area contributed by atoms with Gasteiger partial charge in [-0.2, -0.15) is 0 Å². The van der Waals surface area contributed by atoms with Gasteiger partial charge in [0.25, 0.3) is 0 Å². The van der Waals surface area contributed by atoms with Crippen LogP contribution in [0.2, 0.25) is 0 Å². The maximum atomic E-state index is 4.48. The predicted octanol–water partition coefficient (Wildman–Crippen LogP) is 3.39. The van der Waals surface area contributed by atoms with Crippen molar-refractivity contribution in [1.29, 1.82) is 0 Å². The van der Waals surface area contributed by atoms with Crippen LogP contribution < -0.4 is 0 Å². The zero-order valence-electron chi connectivity index (χ0n) is 8.63. The number of aromatic nitrogens is 1. The van der Waals surface area contributed by atoms with Crippen molar-refractivity contribution in [3.05, 3.63) is 16.1 Å². The smallest absolute Gasteiger partial charge is 0.0797 e. The Balaban J connectivity index is 2.19. The summed E-state index contributed by atoms with van der Waals surface area (Å²) in [5, 5.41) is 0. The highest BCUT2D eigenvalue weighted by Crippen LogP contribution is 2.36. The first-order valence-corrected chi connectivity index (χ1v) is 5.88. The van der Waals surface area contributed by atoms with E-state index >= 15 is 0 Å². The minimum Gasteiger partial charge on any atom is -0.249 e. The molecule has 0 spiro atoms. The molecule has 0 radical (unpaired) electrons. The lowest BCUT2D eigenvalue weighted by Gasteiger charge is -2.17. The molecule has 1 heterocycles. The topological polar surface area (TPSA) is 12.9 Å². The molecule has 1 aliphatic rings. The van der Waals surface area contributed by atoms with Crippen LogP contribution in [0.4, 0.5) is 0 Å². The molecule has 1 aliphatic carbocycles. The lowest BCUT2D eigenvalue weighted by Crippen LogP contribution is -2.12. The fourth-order valence-electron chi connectivity index (χ4n) is 1.62. The quantitative estimate of drug-likeness (QED) is 0.705. The molecule has 2 rings (SSSR count). The van der Waals surface area contributed by atoms with E-state index in [0.29, 0.717) is 0 Å². The van der Waals surface area contributed by atoms with Crippen LogP contribution in [0, 0.1) is 5.92 Å². The fourth-order valence-corrected chi connectivity index (χ4v) is 2.53. The molecule has 0 amide bonds. The molecule has 72 valence electrons. The SMILES string of the molecule is CC(C)(C)c1scnc1CC1CC1. The van der Waals surface area contributed by atoms with Gasteiger partial charge in [-0.25, -0.2) is 4.98 Å². The normalized spacial score (nSPS) is 17.8. The van der Waals surface area contributed by atoms with E-state index < -0.39 is 0 Å². The van der Waals surface area contributed by atoms with Crippen molar-refractivity contribution in [2.45, 2.75) is 45.4 Å². The Morgan fingerprint density at radius 3 is 2.69 bits per heavy atom. The van der Waals surface area contributed by atoms with Gasteiger partial charge in [-0.3, -0.25) is 0 Å². The van der Waals surface area contributed by atoms with Gasteiger partial charge in [0.2, 0.25) is 0 Å². The third kappa shape index (κ3) is 2.11. The minimum absolute atomic E-state index is 0.283. The molecule has 0 bridgehead atoms. The van der Waals surface area contributed by atoms with Crippen molar-refractivity contribution in [2.75, 3.05) is 0 Å². The zero-order chi connectivity index (χ0) is 9.47. The lowest BCUT2D eigenvalue weighted by atomic mass is 9.92. The van der Waals surface area contributed by atoms with Crippen molar-refractivity contribution in [3.8, 4) is 0 Å². The summed E-state index contributed by atoms with van der Waals surface area (Å²) in [4.78, 5) is 5.97. The second-order valence-corrected chi connectivity index (χ2v) is 5.88. The van der Waals surface area contributed by atoms with Crippen LogP contribution >= 0.6 is 11.3 Å². The molecule has 0 aromatic carbocycles. The van der Waals surface area contributed by atoms with Crippen LogP contribution in [0.3, 0.4) is 0 Å². The third-order valence-electron chi connectivity index (χ3n) is 2.50. The molecule has 1 saturated carbocycles. The van der Waals surface area contributed by atoms with Gasteiger partial charge in [-0.05, 0) is 30.6 Å². The van der Waals surface area contributed by atoms with Gasteiger partial charge in [-0.1, -0.05) is 20.8 Å². The minimum atomic E-state index is 0.283. The molecule has 13 heavy (non-hydrogen) atoms. The van der Waals surface area contributed by atoms with E-state index in [1.807, 2.05) is 16.8 Å².